The van der Waals surface area contributed by atoms with Gasteiger partial charge in [0.05, 0.1) is 21.4 Å². The number of nitrogens with two attached hydrogens (primary N) is 1. The van der Waals surface area contributed by atoms with Gasteiger partial charge >= 0.3 is 0 Å². The molecule has 0 saturated carbocycles. The van der Waals surface area contributed by atoms with E-state index in [1.807, 2.05) is 12.1 Å². The molecule has 3 rings (SSSR count). The molecule has 2 aromatic heterocycles. The lowest BCUT2D eigenvalue weighted by atomic mass is 10.2. The number of imidazole rings is 1. The molecule has 0 radical (unpaired) electrons. The first-order valence-electron chi connectivity index (χ1n) is 6.54. The Morgan fingerprint density at radius 1 is 1.30 bits per heavy atom. The lowest BCUT2D eigenvalue weighted by Gasteiger charge is -2.10. The van der Waals surface area contributed by atoms with E-state index in [1.54, 1.807) is 11.3 Å². The van der Waals surface area contributed by atoms with Gasteiger partial charge in [-0.05, 0) is 46.3 Å². The Morgan fingerprint density at radius 3 is 2.75 bits per heavy atom. The maximum atomic E-state index is 5.86. The number of fused-ring (bicyclic) bond motifs is 1. The Morgan fingerprint density at radius 2 is 2.10 bits per heavy atom. The molecule has 1 aromatic carbocycles. The van der Waals surface area contributed by atoms with Crippen molar-refractivity contribution in [1.29, 1.82) is 0 Å². The van der Waals surface area contributed by atoms with Crippen molar-refractivity contribution in [2.75, 3.05) is 5.73 Å². The number of hydrogen-bond donors (Lipinski definition) is 1. The van der Waals surface area contributed by atoms with Gasteiger partial charge in [-0.3, -0.25) is 0 Å². The van der Waals surface area contributed by atoms with Gasteiger partial charge in [0.25, 0.3) is 0 Å². The van der Waals surface area contributed by atoms with E-state index in [4.69, 9.17) is 10.7 Å². The van der Waals surface area contributed by atoms with Crippen LogP contribution in [-0.4, -0.2) is 9.55 Å². The Hall–Kier alpha value is -1.33. The van der Waals surface area contributed by atoms with Gasteiger partial charge in [0.15, 0.2) is 0 Å². The molecule has 0 aliphatic carbocycles. The predicted octanol–water partition coefficient (Wildman–Crippen LogP) is 4.61. The topological polar surface area (TPSA) is 43.8 Å². The van der Waals surface area contributed by atoms with Crippen molar-refractivity contribution in [3.63, 3.8) is 0 Å². The van der Waals surface area contributed by atoms with Crippen LogP contribution < -0.4 is 5.73 Å². The predicted molar refractivity (Wildman–Crippen MR) is 89.4 cm³/mol. The highest BCUT2D eigenvalue weighted by molar-refractivity contribution is 9.11. The third kappa shape index (κ3) is 2.47. The number of nitrogens with zero attached hydrogens (tertiary/aromatic N) is 2. The third-order valence-electron chi connectivity index (χ3n) is 3.26. The summed E-state index contributed by atoms with van der Waals surface area (Å²) in [5, 5.41) is 0. The molecule has 0 atom stereocenters. The number of aromatic nitrogens is 2. The van der Waals surface area contributed by atoms with Crippen LogP contribution >= 0.6 is 27.3 Å². The van der Waals surface area contributed by atoms with Gasteiger partial charge in [-0.15, -0.1) is 11.3 Å². The first-order valence-corrected chi connectivity index (χ1v) is 8.15. The first-order chi connectivity index (χ1) is 9.54. The standard InChI is InChI=1S/C15H16BrN3S/c1-9(2)15-18-12-7-10(17)3-5-13(12)19(15)8-11-4-6-14(16)20-11/h3-7,9H,8,17H2,1-2H3. The van der Waals surface area contributed by atoms with E-state index in [2.05, 4.69) is 52.5 Å². The third-order valence-corrected chi connectivity index (χ3v) is 4.87. The molecule has 3 aromatic rings. The number of rotatable bonds is 3. The monoisotopic (exact) mass is 349 g/mol. The van der Waals surface area contributed by atoms with Crippen LogP contribution in [0.1, 0.15) is 30.5 Å². The lowest BCUT2D eigenvalue weighted by Crippen LogP contribution is -2.05. The van der Waals surface area contributed by atoms with Gasteiger partial charge in [-0.1, -0.05) is 13.8 Å². The quantitative estimate of drug-likeness (QED) is 0.701. The average molecular weight is 350 g/mol. The summed E-state index contributed by atoms with van der Waals surface area (Å²) < 4.78 is 3.45. The van der Waals surface area contributed by atoms with E-state index >= 15 is 0 Å². The molecule has 0 aliphatic heterocycles. The van der Waals surface area contributed by atoms with E-state index in [9.17, 15) is 0 Å². The maximum Gasteiger partial charge on any atom is 0.112 e. The van der Waals surface area contributed by atoms with E-state index in [0.717, 1.165) is 32.9 Å². The van der Waals surface area contributed by atoms with Crippen molar-refractivity contribution in [2.45, 2.75) is 26.3 Å². The number of hydrogen-bond acceptors (Lipinski definition) is 3. The number of halogens is 1. The van der Waals surface area contributed by atoms with E-state index in [1.165, 1.54) is 4.88 Å². The SMILES string of the molecule is CC(C)c1nc2cc(N)ccc2n1Cc1ccc(Br)s1. The summed E-state index contributed by atoms with van der Waals surface area (Å²) >= 11 is 5.28. The zero-order chi connectivity index (χ0) is 14.3. The molecule has 3 nitrogen and oxygen atoms in total. The lowest BCUT2D eigenvalue weighted by molar-refractivity contribution is 0.688. The van der Waals surface area contributed by atoms with Crippen LogP contribution in [0, 0.1) is 0 Å². The fraction of sp³-hybridized carbons (Fsp3) is 0.267. The highest BCUT2D eigenvalue weighted by Crippen LogP contribution is 2.28. The summed E-state index contributed by atoms with van der Waals surface area (Å²) in [4.78, 5) is 6.07. The molecule has 0 spiro atoms. The Balaban J connectivity index is 2.13. The van der Waals surface area contributed by atoms with Crippen molar-refractivity contribution in [3.05, 3.63) is 44.8 Å². The Kier molecular flexibility index (Phi) is 3.56. The van der Waals surface area contributed by atoms with Gasteiger partial charge in [0.1, 0.15) is 5.82 Å². The maximum absolute atomic E-state index is 5.86. The van der Waals surface area contributed by atoms with Gasteiger partial charge in [0.2, 0.25) is 0 Å². The molecule has 2 heterocycles. The molecule has 20 heavy (non-hydrogen) atoms. The van der Waals surface area contributed by atoms with Crippen LogP contribution in [0.5, 0.6) is 0 Å². The van der Waals surface area contributed by atoms with Crippen molar-refractivity contribution in [2.24, 2.45) is 0 Å². The number of thiophene rings is 1. The summed E-state index contributed by atoms with van der Waals surface area (Å²) in [6.07, 6.45) is 0. The zero-order valence-electron chi connectivity index (χ0n) is 11.4. The molecular formula is C15H16BrN3S. The van der Waals surface area contributed by atoms with Crippen LogP contribution in [0.25, 0.3) is 11.0 Å². The van der Waals surface area contributed by atoms with Crippen LogP contribution in [0.4, 0.5) is 5.69 Å². The van der Waals surface area contributed by atoms with Gasteiger partial charge in [-0.2, -0.15) is 0 Å². The molecule has 0 aliphatic rings. The second-order valence-electron chi connectivity index (χ2n) is 5.16. The van der Waals surface area contributed by atoms with Crippen LogP contribution in [0.3, 0.4) is 0 Å². The highest BCUT2D eigenvalue weighted by atomic mass is 79.9. The van der Waals surface area contributed by atoms with Crippen molar-refractivity contribution in [1.82, 2.24) is 9.55 Å². The molecule has 0 fully saturated rings. The number of nitrogen functional groups attached to an aromatic ring is 1. The summed E-state index contributed by atoms with van der Waals surface area (Å²) in [7, 11) is 0. The van der Waals surface area contributed by atoms with Crippen molar-refractivity contribution >= 4 is 44.0 Å². The first kappa shape index (κ1) is 13.6. The van der Waals surface area contributed by atoms with Crippen LogP contribution in [0.2, 0.25) is 0 Å². The second-order valence-corrected chi connectivity index (χ2v) is 7.71. The van der Waals surface area contributed by atoms with E-state index in [-0.39, 0.29) is 0 Å². The molecular weight excluding hydrogens is 334 g/mol. The molecule has 5 heteroatoms. The van der Waals surface area contributed by atoms with Crippen molar-refractivity contribution < 1.29 is 0 Å². The van der Waals surface area contributed by atoms with Crippen LogP contribution in [0.15, 0.2) is 34.1 Å². The largest absolute Gasteiger partial charge is 0.399 e. The average Bonchev–Trinajstić information content (AvgIpc) is 2.94. The van der Waals surface area contributed by atoms with Crippen LogP contribution in [-0.2, 0) is 6.54 Å². The summed E-state index contributed by atoms with van der Waals surface area (Å²) in [5.74, 6) is 1.49. The van der Waals surface area contributed by atoms with Gasteiger partial charge < -0.3 is 10.3 Å². The summed E-state index contributed by atoms with van der Waals surface area (Å²) in [6, 6.07) is 10.2. The zero-order valence-corrected chi connectivity index (χ0v) is 13.8. The molecule has 0 bridgehead atoms. The van der Waals surface area contributed by atoms with E-state index in [0.29, 0.717) is 5.92 Å². The minimum Gasteiger partial charge on any atom is -0.399 e. The normalized spacial score (nSPS) is 11.6. The number of benzene rings is 1. The fourth-order valence-electron chi connectivity index (χ4n) is 2.36. The Labute approximate surface area is 130 Å². The minimum absolute atomic E-state index is 0.382. The molecule has 0 unspecified atom stereocenters. The summed E-state index contributed by atoms with van der Waals surface area (Å²) in [5.41, 5.74) is 8.74. The molecule has 104 valence electrons. The second kappa shape index (κ2) is 5.22. The van der Waals surface area contributed by atoms with E-state index < -0.39 is 0 Å². The van der Waals surface area contributed by atoms with Crippen molar-refractivity contribution in [3.8, 4) is 0 Å². The molecule has 0 amide bonds. The molecule has 2 N–H and O–H groups in total. The van der Waals surface area contributed by atoms with Gasteiger partial charge in [-0.25, -0.2) is 4.98 Å². The summed E-state index contributed by atoms with van der Waals surface area (Å²) in [6.45, 7) is 5.20. The van der Waals surface area contributed by atoms with Gasteiger partial charge in [0, 0.05) is 16.5 Å². The fourth-order valence-corrected chi connectivity index (χ4v) is 3.84. The molecule has 0 saturated heterocycles. The smallest absolute Gasteiger partial charge is 0.112 e. The number of anilines is 1. The highest BCUT2D eigenvalue weighted by Gasteiger charge is 2.14. The Bertz CT molecular complexity index is 758. The minimum atomic E-state index is 0.382.